The number of carboxylic acids is 1. The van der Waals surface area contributed by atoms with Gasteiger partial charge in [0.25, 0.3) is 5.91 Å². The van der Waals surface area contributed by atoms with Gasteiger partial charge in [-0.2, -0.15) is 13.2 Å². The number of aromatic nitrogens is 1. The highest BCUT2D eigenvalue weighted by Crippen LogP contribution is 2.27. The van der Waals surface area contributed by atoms with E-state index in [9.17, 15) is 26.7 Å². The number of methoxy groups -OCH3 is 1. The second-order valence-electron chi connectivity index (χ2n) is 9.66. The van der Waals surface area contributed by atoms with Gasteiger partial charge in [0.05, 0.1) is 18.2 Å². The Bertz CT molecular complexity index is 1560. The molecule has 0 radical (unpaired) electrons. The van der Waals surface area contributed by atoms with Crippen molar-refractivity contribution in [3.05, 3.63) is 101 Å². The van der Waals surface area contributed by atoms with Gasteiger partial charge in [0, 0.05) is 23.7 Å². The first-order chi connectivity index (χ1) is 20.2. The summed E-state index contributed by atoms with van der Waals surface area (Å²) in [5.41, 5.74) is 7.42. The Morgan fingerprint density at radius 3 is 2.16 bits per heavy atom. The molecule has 0 aliphatic carbocycles. The highest BCUT2D eigenvalue weighted by Gasteiger charge is 2.38. The summed E-state index contributed by atoms with van der Waals surface area (Å²) in [5, 5.41) is 10.6. The van der Waals surface area contributed by atoms with Gasteiger partial charge in [-0.05, 0) is 55.3 Å². The van der Waals surface area contributed by atoms with Crippen LogP contribution in [-0.2, 0) is 17.8 Å². The summed E-state index contributed by atoms with van der Waals surface area (Å²) >= 11 is 0. The van der Waals surface area contributed by atoms with Crippen molar-refractivity contribution >= 4 is 22.8 Å². The van der Waals surface area contributed by atoms with Gasteiger partial charge in [-0.15, -0.1) is 0 Å². The molecule has 1 heterocycles. The maximum absolute atomic E-state index is 14.0. The summed E-state index contributed by atoms with van der Waals surface area (Å²) in [6.45, 7) is 1.80. The van der Waals surface area contributed by atoms with Crippen LogP contribution in [0, 0.1) is 11.6 Å². The largest absolute Gasteiger partial charge is 0.497 e. The van der Waals surface area contributed by atoms with Gasteiger partial charge in [-0.1, -0.05) is 30.3 Å². The van der Waals surface area contributed by atoms with Gasteiger partial charge in [0.1, 0.15) is 35.3 Å². The number of alkyl halides is 3. The number of amides is 1. The van der Waals surface area contributed by atoms with Gasteiger partial charge in [0.2, 0.25) is 0 Å². The van der Waals surface area contributed by atoms with E-state index in [0.717, 1.165) is 11.3 Å². The molecule has 3 aromatic carbocycles. The number of aliphatic carboxylic acids is 1. The normalized spacial score (nSPS) is 12.5. The number of ether oxygens (including phenoxy) is 2. The van der Waals surface area contributed by atoms with Gasteiger partial charge < -0.3 is 25.6 Å². The Kier molecular flexibility index (Phi) is 10.6. The minimum absolute atomic E-state index is 0.178. The van der Waals surface area contributed by atoms with Gasteiger partial charge in [-0.25, -0.2) is 13.6 Å². The number of carbonyl (C=O) groups excluding carboxylic acids is 1. The van der Waals surface area contributed by atoms with E-state index >= 15 is 0 Å². The van der Waals surface area contributed by atoms with E-state index in [4.69, 9.17) is 25.1 Å². The topological polar surface area (TPSA) is 124 Å². The molecule has 228 valence electrons. The number of pyridine rings is 1. The lowest BCUT2D eigenvalue weighted by Crippen LogP contribution is -2.49. The van der Waals surface area contributed by atoms with E-state index in [2.05, 4.69) is 10.3 Å². The maximum Gasteiger partial charge on any atom is 0.490 e. The average Bonchev–Trinajstić information content (AvgIpc) is 2.95. The number of halogens is 5. The van der Waals surface area contributed by atoms with Crippen LogP contribution in [-0.4, -0.2) is 47.3 Å². The van der Waals surface area contributed by atoms with Crippen molar-refractivity contribution in [1.82, 2.24) is 10.3 Å². The third-order valence-electron chi connectivity index (χ3n) is 6.07. The van der Waals surface area contributed by atoms with Crippen molar-refractivity contribution in [2.45, 2.75) is 31.7 Å². The third kappa shape index (κ3) is 9.10. The molecule has 4 rings (SSSR count). The summed E-state index contributed by atoms with van der Waals surface area (Å²) in [6, 6.07) is 17.9. The van der Waals surface area contributed by atoms with Crippen LogP contribution in [0.5, 0.6) is 11.5 Å². The number of fused-ring (bicyclic) bond motifs is 1. The molecule has 1 amide bonds. The predicted octanol–water partition coefficient (Wildman–Crippen LogP) is 5.42. The van der Waals surface area contributed by atoms with Crippen LogP contribution in [0.4, 0.5) is 22.0 Å². The zero-order valence-electron chi connectivity index (χ0n) is 23.0. The molecule has 13 heteroatoms. The highest BCUT2D eigenvalue weighted by atomic mass is 19.4. The van der Waals surface area contributed by atoms with E-state index in [1.807, 2.05) is 31.2 Å². The van der Waals surface area contributed by atoms with Crippen LogP contribution >= 0.6 is 0 Å². The molecule has 1 atom stereocenters. The Morgan fingerprint density at radius 2 is 1.58 bits per heavy atom. The molecule has 0 fully saturated rings. The number of carboxylic acid groups (broad SMARTS) is 1. The first-order valence-electron chi connectivity index (χ1n) is 12.7. The lowest BCUT2D eigenvalue weighted by molar-refractivity contribution is -0.192. The van der Waals surface area contributed by atoms with Crippen LogP contribution in [0.15, 0.2) is 72.9 Å². The van der Waals surface area contributed by atoms with Crippen molar-refractivity contribution in [3.8, 4) is 11.5 Å². The summed E-state index contributed by atoms with van der Waals surface area (Å²) in [4.78, 5) is 26.3. The van der Waals surface area contributed by atoms with Crippen LogP contribution < -0.4 is 20.5 Å². The fourth-order valence-corrected chi connectivity index (χ4v) is 3.93. The number of nitrogens with one attached hydrogen (secondary N) is 1. The number of nitrogens with two attached hydrogens (primary N) is 1. The predicted molar refractivity (Wildman–Crippen MR) is 148 cm³/mol. The molecule has 0 aliphatic rings. The zero-order valence-corrected chi connectivity index (χ0v) is 23.0. The summed E-state index contributed by atoms with van der Waals surface area (Å²) in [5.74, 6) is -3.38. The molecule has 4 N–H and O–H groups in total. The number of carbonyl (C=O) groups is 2. The quantitative estimate of drug-likeness (QED) is 0.218. The second kappa shape index (κ2) is 13.9. The van der Waals surface area contributed by atoms with Gasteiger partial charge in [-0.3, -0.25) is 9.78 Å². The minimum Gasteiger partial charge on any atom is -0.497 e. The molecular formula is C30H28F5N3O5. The molecule has 0 spiro atoms. The molecule has 8 nitrogen and oxygen atoms in total. The molecular weight excluding hydrogens is 577 g/mol. The molecule has 0 bridgehead atoms. The first-order valence-corrected chi connectivity index (χ1v) is 12.7. The number of hydrogen-bond acceptors (Lipinski definition) is 6. The van der Waals surface area contributed by atoms with Crippen LogP contribution in [0.3, 0.4) is 0 Å². The highest BCUT2D eigenvalue weighted by molar-refractivity contribution is 6.07. The molecule has 0 saturated carbocycles. The van der Waals surface area contributed by atoms with Crippen LogP contribution in [0.2, 0.25) is 0 Å². The summed E-state index contributed by atoms with van der Waals surface area (Å²) < 4.78 is 70.6. The second-order valence-corrected chi connectivity index (χ2v) is 9.66. The van der Waals surface area contributed by atoms with Crippen molar-refractivity contribution in [3.63, 3.8) is 0 Å². The number of rotatable bonds is 9. The van der Waals surface area contributed by atoms with Crippen molar-refractivity contribution in [2.24, 2.45) is 5.73 Å². The minimum atomic E-state index is -5.08. The first kappa shape index (κ1) is 32.7. The SMILES string of the molecule is COc1ccc(CC(C)(N)CNC(=O)c2ccnc3c(OCc4c(F)cccc4F)cccc23)cc1.O=C(O)C(F)(F)F. The molecule has 1 unspecified atom stereocenters. The standard InChI is InChI=1S/C28H27F2N3O3.C2HF3O2/c1-28(31,15-18-9-11-19(35-2)12-10-18)17-33-27(34)21-13-14-32-26-20(21)5-3-8-25(26)36-16-22-23(29)6-4-7-24(22)30;3-2(4,5)1(6)7/h3-14H,15-17,31H2,1-2H3,(H,33,34);(H,6,7). The lowest BCUT2D eigenvalue weighted by Gasteiger charge is -2.25. The molecule has 1 aromatic heterocycles. The van der Waals surface area contributed by atoms with E-state index in [1.165, 1.54) is 24.4 Å². The number of hydrogen-bond donors (Lipinski definition) is 3. The van der Waals surface area contributed by atoms with Gasteiger partial charge >= 0.3 is 12.1 Å². The number of nitrogens with zero attached hydrogens (tertiary/aromatic N) is 1. The van der Waals surface area contributed by atoms with Gasteiger partial charge in [0.15, 0.2) is 0 Å². The number of para-hydroxylation sites is 1. The molecule has 0 aliphatic heterocycles. The maximum atomic E-state index is 14.0. The average molecular weight is 606 g/mol. The molecule has 43 heavy (non-hydrogen) atoms. The Morgan fingerprint density at radius 1 is 0.977 bits per heavy atom. The monoisotopic (exact) mass is 605 g/mol. The van der Waals surface area contributed by atoms with E-state index in [-0.39, 0.29) is 24.6 Å². The summed E-state index contributed by atoms with van der Waals surface area (Å²) in [6.07, 6.45) is -3.04. The Labute approximate surface area is 243 Å². The molecule has 0 saturated heterocycles. The number of benzene rings is 3. The zero-order chi connectivity index (χ0) is 31.8. The summed E-state index contributed by atoms with van der Waals surface area (Å²) in [7, 11) is 1.61. The fraction of sp³-hybridized carbons (Fsp3) is 0.233. The van der Waals surface area contributed by atoms with Crippen molar-refractivity contribution in [1.29, 1.82) is 0 Å². The van der Waals surface area contributed by atoms with Crippen LogP contribution in [0.1, 0.15) is 28.4 Å². The van der Waals surface area contributed by atoms with E-state index in [1.54, 1.807) is 31.4 Å². The molecule has 4 aromatic rings. The Hall–Kier alpha value is -4.78. The van der Waals surface area contributed by atoms with Crippen molar-refractivity contribution < 1.29 is 46.1 Å². The Balaban J connectivity index is 0.000000646. The third-order valence-corrected chi connectivity index (χ3v) is 6.07. The van der Waals surface area contributed by atoms with Crippen molar-refractivity contribution in [2.75, 3.05) is 13.7 Å². The van der Waals surface area contributed by atoms with E-state index in [0.29, 0.717) is 28.6 Å². The fourth-order valence-electron chi connectivity index (χ4n) is 3.93. The van der Waals surface area contributed by atoms with Crippen LogP contribution in [0.25, 0.3) is 10.9 Å². The smallest absolute Gasteiger partial charge is 0.490 e. The van der Waals surface area contributed by atoms with E-state index < -0.39 is 29.3 Å². The lowest BCUT2D eigenvalue weighted by atomic mass is 9.93.